The van der Waals surface area contributed by atoms with Gasteiger partial charge in [-0.3, -0.25) is 4.79 Å². The van der Waals surface area contributed by atoms with Gasteiger partial charge in [0.1, 0.15) is 6.54 Å². The van der Waals surface area contributed by atoms with E-state index in [1.54, 1.807) is 5.01 Å². The highest BCUT2D eigenvalue weighted by Gasteiger charge is 2.41. The highest BCUT2D eigenvalue weighted by molar-refractivity contribution is 5.78. The van der Waals surface area contributed by atoms with Gasteiger partial charge in [0.05, 0.1) is 27.1 Å². The minimum atomic E-state index is 0.194. The molecule has 0 aromatic carbocycles. The summed E-state index contributed by atoms with van der Waals surface area (Å²) in [6.07, 6.45) is 0. The van der Waals surface area contributed by atoms with Crippen LogP contribution in [0, 0.1) is 5.92 Å². The molecule has 1 atom stereocenters. The highest BCUT2D eigenvalue weighted by atomic mass is 16.2. The van der Waals surface area contributed by atoms with E-state index in [9.17, 15) is 4.79 Å². The average Bonchev–Trinajstić information content (AvgIpc) is 1.95. The van der Waals surface area contributed by atoms with Gasteiger partial charge in [0.2, 0.25) is 0 Å². The molecule has 0 spiro atoms. The van der Waals surface area contributed by atoms with Gasteiger partial charge in [-0.15, -0.1) is 0 Å². The van der Waals surface area contributed by atoms with Crippen LogP contribution in [0.5, 0.6) is 0 Å². The third-order valence-corrected chi connectivity index (χ3v) is 2.27. The Morgan fingerprint density at radius 1 is 1.60 bits per heavy atom. The molecule has 1 aliphatic heterocycles. The monoisotopic (exact) mass is 143 g/mol. The van der Waals surface area contributed by atoms with Crippen LogP contribution in [0.1, 0.15) is 6.92 Å². The SMILES string of the molecule is CC1C[N+](C)(C)N(C)C1=O. The second-order valence-electron chi connectivity index (χ2n) is 3.57. The summed E-state index contributed by atoms with van der Waals surface area (Å²) in [6, 6.07) is 0. The van der Waals surface area contributed by atoms with E-state index in [0.717, 1.165) is 6.54 Å². The molecule has 1 rings (SSSR count). The molecule has 0 N–H and O–H groups in total. The standard InChI is InChI=1S/C7H15N2O/c1-6-5-9(3,4)8(2)7(6)10/h6H,5H2,1-4H3/q+1. The first-order valence-corrected chi connectivity index (χ1v) is 3.56. The zero-order valence-corrected chi connectivity index (χ0v) is 7.09. The van der Waals surface area contributed by atoms with Crippen LogP contribution in [0.25, 0.3) is 0 Å². The number of nitrogens with zero attached hydrogens (tertiary/aromatic N) is 2. The van der Waals surface area contributed by atoms with Gasteiger partial charge < -0.3 is 0 Å². The van der Waals surface area contributed by atoms with Crippen LogP contribution in [0.3, 0.4) is 0 Å². The first kappa shape index (κ1) is 7.54. The quantitative estimate of drug-likeness (QED) is 0.440. The van der Waals surface area contributed by atoms with Gasteiger partial charge in [0, 0.05) is 0 Å². The Bertz CT molecular complexity index is 165. The first-order chi connectivity index (χ1) is 4.45. The predicted octanol–water partition coefficient (Wildman–Crippen LogP) is 0.0859. The van der Waals surface area contributed by atoms with Crippen LogP contribution < -0.4 is 0 Å². The summed E-state index contributed by atoms with van der Waals surface area (Å²) in [5.74, 6) is 0.449. The van der Waals surface area contributed by atoms with Crippen molar-refractivity contribution < 1.29 is 9.39 Å². The van der Waals surface area contributed by atoms with E-state index in [-0.39, 0.29) is 11.8 Å². The van der Waals surface area contributed by atoms with Crippen molar-refractivity contribution in [3.63, 3.8) is 0 Å². The number of rotatable bonds is 0. The molecule has 1 heterocycles. The summed E-state index contributed by atoms with van der Waals surface area (Å²) in [7, 11) is 5.94. The third-order valence-electron chi connectivity index (χ3n) is 2.27. The van der Waals surface area contributed by atoms with Crippen LogP contribution in [-0.4, -0.2) is 43.2 Å². The van der Waals surface area contributed by atoms with Gasteiger partial charge in [0.25, 0.3) is 5.91 Å². The Hall–Kier alpha value is -0.570. The molecule has 0 bridgehead atoms. The Morgan fingerprint density at radius 3 is 2.20 bits per heavy atom. The molecule has 1 fully saturated rings. The van der Waals surface area contributed by atoms with Crippen molar-refractivity contribution in [2.24, 2.45) is 5.92 Å². The van der Waals surface area contributed by atoms with E-state index in [0.29, 0.717) is 4.59 Å². The highest BCUT2D eigenvalue weighted by Crippen LogP contribution is 2.19. The molecular weight excluding hydrogens is 128 g/mol. The second kappa shape index (κ2) is 1.95. The molecule has 1 aliphatic rings. The van der Waals surface area contributed by atoms with Gasteiger partial charge in [-0.25, -0.2) is 4.59 Å². The zero-order valence-electron chi connectivity index (χ0n) is 7.09. The minimum absolute atomic E-state index is 0.194. The number of carbonyl (C=O) groups is 1. The number of amides is 1. The van der Waals surface area contributed by atoms with Gasteiger partial charge in [0.15, 0.2) is 0 Å². The molecule has 58 valence electrons. The topological polar surface area (TPSA) is 20.3 Å². The number of quaternary nitrogens is 1. The maximum atomic E-state index is 11.2. The van der Waals surface area contributed by atoms with Crippen molar-refractivity contribution in [1.29, 1.82) is 0 Å². The maximum absolute atomic E-state index is 11.2. The molecule has 0 aromatic rings. The van der Waals surface area contributed by atoms with Crippen LogP contribution >= 0.6 is 0 Å². The summed E-state index contributed by atoms with van der Waals surface area (Å²) in [5.41, 5.74) is 0. The molecule has 0 radical (unpaired) electrons. The summed E-state index contributed by atoms with van der Waals surface area (Å²) < 4.78 is 0.694. The average molecular weight is 143 g/mol. The normalized spacial score (nSPS) is 31.4. The summed E-state index contributed by atoms with van der Waals surface area (Å²) in [5, 5.41) is 1.78. The summed E-state index contributed by atoms with van der Waals surface area (Å²) in [4.78, 5) is 11.2. The molecule has 0 aromatic heterocycles. The largest absolute Gasteiger partial charge is 0.276 e. The third kappa shape index (κ3) is 0.904. The Labute approximate surface area is 61.8 Å². The van der Waals surface area contributed by atoms with Crippen molar-refractivity contribution in [3.8, 4) is 0 Å². The van der Waals surface area contributed by atoms with Crippen LogP contribution in [-0.2, 0) is 4.79 Å². The van der Waals surface area contributed by atoms with E-state index in [4.69, 9.17) is 0 Å². The van der Waals surface area contributed by atoms with E-state index in [1.165, 1.54) is 0 Å². The van der Waals surface area contributed by atoms with E-state index >= 15 is 0 Å². The maximum Gasteiger partial charge on any atom is 0.276 e. The fraction of sp³-hybridized carbons (Fsp3) is 0.857. The lowest BCUT2D eigenvalue weighted by Crippen LogP contribution is -2.48. The molecule has 10 heavy (non-hydrogen) atoms. The molecule has 1 amide bonds. The lowest BCUT2D eigenvalue weighted by atomic mass is 10.2. The first-order valence-electron chi connectivity index (χ1n) is 3.56. The fourth-order valence-electron chi connectivity index (χ4n) is 1.46. The second-order valence-corrected chi connectivity index (χ2v) is 3.57. The fourth-order valence-corrected chi connectivity index (χ4v) is 1.46. The van der Waals surface area contributed by atoms with Gasteiger partial charge in [-0.05, 0) is 6.92 Å². The van der Waals surface area contributed by atoms with Crippen molar-refractivity contribution in [2.45, 2.75) is 6.92 Å². The lowest BCUT2D eigenvalue weighted by Gasteiger charge is -2.29. The van der Waals surface area contributed by atoms with E-state index in [2.05, 4.69) is 0 Å². The molecule has 0 aliphatic carbocycles. The van der Waals surface area contributed by atoms with Crippen molar-refractivity contribution in [1.82, 2.24) is 5.01 Å². The molecule has 3 nitrogen and oxygen atoms in total. The van der Waals surface area contributed by atoms with E-state index in [1.807, 2.05) is 28.1 Å². The van der Waals surface area contributed by atoms with Gasteiger partial charge in [-0.2, -0.15) is 5.01 Å². The van der Waals surface area contributed by atoms with Crippen molar-refractivity contribution >= 4 is 5.91 Å². The van der Waals surface area contributed by atoms with Crippen LogP contribution in [0.15, 0.2) is 0 Å². The molecule has 1 unspecified atom stereocenters. The molecule has 0 saturated carbocycles. The Balaban J connectivity index is 2.81. The minimum Gasteiger partial charge on any atom is -0.269 e. The zero-order chi connectivity index (χ0) is 7.94. The smallest absolute Gasteiger partial charge is 0.269 e. The van der Waals surface area contributed by atoms with Gasteiger partial charge in [-0.1, -0.05) is 0 Å². The van der Waals surface area contributed by atoms with Crippen molar-refractivity contribution in [3.05, 3.63) is 0 Å². The summed E-state index contributed by atoms with van der Waals surface area (Å²) >= 11 is 0. The summed E-state index contributed by atoms with van der Waals surface area (Å²) in [6.45, 7) is 2.90. The predicted molar refractivity (Wildman–Crippen MR) is 38.9 cm³/mol. The molecular formula is C7H15N2O+. The number of hydrogen-bond acceptors (Lipinski definition) is 1. The van der Waals surface area contributed by atoms with E-state index < -0.39 is 0 Å². The molecule has 1 saturated heterocycles. The van der Waals surface area contributed by atoms with Crippen LogP contribution in [0.4, 0.5) is 0 Å². The Kier molecular flexibility index (Phi) is 1.47. The van der Waals surface area contributed by atoms with Crippen molar-refractivity contribution in [2.75, 3.05) is 27.7 Å². The number of carbonyl (C=O) groups excluding carboxylic acids is 1. The Morgan fingerprint density at radius 2 is 2.10 bits per heavy atom. The number of hydrogen-bond donors (Lipinski definition) is 0. The van der Waals surface area contributed by atoms with Gasteiger partial charge >= 0.3 is 0 Å². The molecule has 3 heteroatoms. The van der Waals surface area contributed by atoms with Crippen LogP contribution in [0.2, 0.25) is 0 Å². The lowest BCUT2D eigenvalue weighted by molar-refractivity contribution is -0.979.